The van der Waals surface area contributed by atoms with Gasteiger partial charge in [-0.1, -0.05) is 25.7 Å². The molecule has 0 unspecified atom stereocenters. The molecule has 1 aliphatic rings. The van der Waals surface area contributed by atoms with Crippen molar-refractivity contribution in [2.24, 2.45) is 7.05 Å². The van der Waals surface area contributed by atoms with Gasteiger partial charge < -0.3 is 9.47 Å². The zero-order valence-electron chi connectivity index (χ0n) is 11.8. The largest absolute Gasteiger partial charge is 0.344 e. The van der Waals surface area contributed by atoms with Crippen molar-refractivity contribution in [3.63, 3.8) is 0 Å². The fourth-order valence-electron chi connectivity index (χ4n) is 2.82. The smallest absolute Gasteiger partial charge is 0.270 e. The maximum absolute atomic E-state index is 12.5. The van der Waals surface area contributed by atoms with Gasteiger partial charge in [-0.05, 0) is 31.9 Å². The van der Waals surface area contributed by atoms with Gasteiger partial charge >= 0.3 is 0 Å². The van der Waals surface area contributed by atoms with Crippen molar-refractivity contribution in [1.29, 1.82) is 0 Å². The predicted octanol–water partition coefficient (Wildman–Crippen LogP) is 3.13. The average Bonchev–Trinajstić information content (AvgIpc) is 2.62. The number of amides is 1. The lowest BCUT2D eigenvalue weighted by atomic mass is 10.1. The molecule has 1 heterocycles. The molecule has 3 nitrogen and oxygen atoms in total. The van der Waals surface area contributed by atoms with E-state index in [9.17, 15) is 4.79 Å². The van der Waals surface area contributed by atoms with Crippen LogP contribution in [-0.2, 0) is 7.05 Å². The van der Waals surface area contributed by atoms with Crippen molar-refractivity contribution in [1.82, 2.24) is 9.47 Å². The van der Waals surface area contributed by atoms with E-state index in [1.165, 1.54) is 25.7 Å². The van der Waals surface area contributed by atoms with Crippen LogP contribution in [-0.4, -0.2) is 28.5 Å². The lowest BCUT2D eigenvalue weighted by molar-refractivity contribution is 0.0708. The van der Waals surface area contributed by atoms with E-state index in [-0.39, 0.29) is 5.91 Å². The molecule has 1 fully saturated rings. The summed E-state index contributed by atoms with van der Waals surface area (Å²) in [6, 6.07) is 4.37. The highest BCUT2D eigenvalue weighted by atomic mass is 16.2. The normalized spacial score (nSPS) is 17.5. The van der Waals surface area contributed by atoms with Crippen molar-refractivity contribution in [3.8, 4) is 0 Å². The molecular formula is C15H24N2O. The Kier molecular flexibility index (Phi) is 4.10. The number of aryl methyl sites for hydroxylation is 1. The molecule has 2 rings (SSSR count). The fourth-order valence-corrected chi connectivity index (χ4v) is 2.82. The Labute approximate surface area is 110 Å². The highest BCUT2D eigenvalue weighted by molar-refractivity contribution is 5.93. The van der Waals surface area contributed by atoms with Crippen LogP contribution in [0.4, 0.5) is 0 Å². The van der Waals surface area contributed by atoms with E-state index in [0.717, 1.165) is 24.2 Å². The van der Waals surface area contributed by atoms with Gasteiger partial charge in [0.1, 0.15) is 5.69 Å². The minimum Gasteiger partial charge on any atom is -0.344 e. The molecule has 1 aromatic heterocycles. The third kappa shape index (κ3) is 2.60. The van der Waals surface area contributed by atoms with Gasteiger partial charge in [0.05, 0.1) is 0 Å². The lowest BCUT2D eigenvalue weighted by Gasteiger charge is -2.27. The van der Waals surface area contributed by atoms with E-state index >= 15 is 0 Å². The standard InChI is InChI=1S/C15H24N2O/c1-12-10-11-14(16(12)2)15(18)17(3)13-8-6-4-5-7-9-13/h10-11,13H,4-9H2,1-3H3. The van der Waals surface area contributed by atoms with Gasteiger partial charge in [0.2, 0.25) is 0 Å². The van der Waals surface area contributed by atoms with Gasteiger partial charge in [-0.2, -0.15) is 0 Å². The first-order valence-electron chi connectivity index (χ1n) is 7.00. The van der Waals surface area contributed by atoms with E-state index < -0.39 is 0 Å². The van der Waals surface area contributed by atoms with Crippen molar-refractivity contribution in [2.45, 2.75) is 51.5 Å². The summed E-state index contributed by atoms with van der Waals surface area (Å²) in [4.78, 5) is 14.5. The highest BCUT2D eigenvalue weighted by Crippen LogP contribution is 2.22. The van der Waals surface area contributed by atoms with Crippen molar-refractivity contribution < 1.29 is 4.79 Å². The summed E-state index contributed by atoms with van der Waals surface area (Å²) in [6.45, 7) is 2.03. The van der Waals surface area contributed by atoms with E-state index in [1.807, 2.05) is 42.6 Å². The summed E-state index contributed by atoms with van der Waals surface area (Å²) in [5, 5.41) is 0. The monoisotopic (exact) mass is 248 g/mol. The third-order valence-corrected chi connectivity index (χ3v) is 4.28. The molecule has 18 heavy (non-hydrogen) atoms. The van der Waals surface area contributed by atoms with Gasteiger partial charge in [-0.25, -0.2) is 0 Å². The maximum atomic E-state index is 12.5. The molecule has 0 aliphatic heterocycles. The van der Waals surface area contributed by atoms with Crippen molar-refractivity contribution in [3.05, 3.63) is 23.5 Å². The molecule has 100 valence electrons. The van der Waals surface area contributed by atoms with Crippen LogP contribution < -0.4 is 0 Å². The first-order chi connectivity index (χ1) is 8.61. The summed E-state index contributed by atoms with van der Waals surface area (Å²) in [5.41, 5.74) is 1.94. The van der Waals surface area contributed by atoms with Gasteiger partial charge in [-0.3, -0.25) is 4.79 Å². The molecular weight excluding hydrogens is 224 g/mol. The molecule has 0 N–H and O–H groups in total. The van der Waals surface area contributed by atoms with Gasteiger partial charge in [0, 0.05) is 25.8 Å². The van der Waals surface area contributed by atoms with Crippen LogP contribution in [0.1, 0.15) is 54.7 Å². The highest BCUT2D eigenvalue weighted by Gasteiger charge is 2.23. The third-order valence-electron chi connectivity index (χ3n) is 4.28. The molecule has 1 aromatic rings. The summed E-state index contributed by atoms with van der Waals surface area (Å²) in [7, 11) is 3.92. The lowest BCUT2D eigenvalue weighted by Crippen LogP contribution is -2.37. The zero-order chi connectivity index (χ0) is 13.1. The van der Waals surface area contributed by atoms with Crippen LogP contribution in [0.2, 0.25) is 0 Å². The molecule has 1 saturated carbocycles. The second-order valence-corrected chi connectivity index (χ2v) is 5.48. The molecule has 1 aliphatic carbocycles. The number of carbonyl (C=O) groups excluding carboxylic acids is 1. The number of hydrogen-bond donors (Lipinski definition) is 0. The Morgan fingerprint density at radius 3 is 2.33 bits per heavy atom. The van der Waals surface area contributed by atoms with Gasteiger partial charge in [0.25, 0.3) is 5.91 Å². The average molecular weight is 248 g/mol. The second-order valence-electron chi connectivity index (χ2n) is 5.48. The Morgan fingerprint density at radius 2 is 1.83 bits per heavy atom. The molecule has 0 aromatic carbocycles. The fraction of sp³-hybridized carbons (Fsp3) is 0.667. The molecule has 0 bridgehead atoms. The first-order valence-corrected chi connectivity index (χ1v) is 7.00. The molecule has 0 radical (unpaired) electrons. The van der Waals surface area contributed by atoms with Crippen molar-refractivity contribution >= 4 is 5.91 Å². The predicted molar refractivity (Wildman–Crippen MR) is 73.7 cm³/mol. The summed E-state index contributed by atoms with van der Waals surface area (Å²) in [5.74, 6) is 0.164. The minimum absolute atomic E-state index is 0.164. The summed E-state index contributed by atoms with van der Waals surface area (Å²) in [6.07, 6.45) is 7.48. The van der Waals surface area contributed by atoms with Gasteiger partial charge in [0.15, 0.2) is 0 Å². The van der Waals surface area contributed by atoms with Crippen LogP contribution in [0.15, 0.2) is 12.1 Å². The number of aromatic nitrogens is 1. The number of nitrogens with zero attached hydrogens (tertiary/aromatic N) is 2. The van der Waals surface area contributed by atoms with E-state index in [1.54, 1.807) is 0 Å². The first kappa shape index (κ1) is 13.2. The Bertz CT molecular complexity index is 414. The Balaban J connectivity index is 2.10. The van der Waals surface area contributed by atoms with Gasteiger partial charge in [-0.15, -0.1) is 0 Å². The molecule has 3 heteroatoms. The molecule has 0 atom stereocenters. The quantitative estimate of drug-likeness (QED) is 0.738. The van der Waals surface area contributed by atoms with Crippen LogP contribution in [0.3, 0.4) is 0 Å². The molecule has 0 spiro atoms. The molecule has 1 amide bonds. The number of carbonyl (C=O) groups is 1. The van der Waals surface area contributed by atoms with E-state index in [0.29, 0.717) is 6.04 Å². The number of hydrogen-bond acceptors (Lipinski definition) is 1. The topological polar surface area (TPSA) is 25.2 Å². The number of rotatable bonds is 2. The summed E-state index contributed by atoms with van der Waals surface area (Å²) < 4.78 is 1.98. The summed E-state index contributed by atoms with van der Waals surface area (Å²) >= 11 is 0. The van der Waals surface area contributed by atoms with E-state index in [4.69, 9.17) is 0 Å². The SMILES string of the molecule is Cc1ccc(C(=O)N(C)C2CCCCCC2)n1C. The van der Waals surface area contributed by atoms with Crippen molar-refractivity contribution in [2.75, 3.05) is 7.05 Å². The van der Waals surface area contributed by atoms with Crippen LogP contribution in [0.25, 0.3) is 0 Å². The van der Waals surface area contributed by atoms with Crippen LogP contribution in [0, 0.1) is 6.92 Å². The Morgan fingerprint density at radius 1 is 1.22 bits per heavy atom. The maximum Gasteiger partial charge on any atom is 0.270 e. The van der Waals surface area contributed by atoms with Crippen LogP contribution in [0.5, 0.6) is 0 Å². The second kappa shape index (κ2) is 5.59. The molecule has 0 saturated heterocycles. The van der Waals surface area contributed by atoms with E-state index in [2.05, 4.69) is 0 Å². The Hall–Kier alpha value is -1.25. The van der Waals surface area contributed by atoms with Crippen LogP contribution >= 0.6 is 0 Å². The zero-order valence-corrected chi connectivity index (χ0v) is 11.8. The minimum atomic E-state index is 0.164.